The molecule has 2 rings (SSSR count). The second kappa shape index (κ2) is 8.26. The predicted molar refractivity (Wildman–Crippen MR) is 81.9 cm³/mol. The average molecular weight is 306 g/mol. The first-order valence-electron chi connectivity index (χ1n) is 7.60. The van der Waals surface area contributed by atoms with Gasteiger partial charge in [0.15, 0.2) is 18.1 Å². The molecule has 0 radical (unpaired) electrons. The maximum absolute atomic E-state index is 11.8. The third kappa shape index (κ3) is 4.65. The second-order valence-corrected chi connectivity index (χ2v) is 5.03. The summed E-state index contributed by atoms with van der Waals surface area (Å²) in [5.74, 6) is 0.760. The first kappa shape index (κ1) is 16.1. The number of likely N-dealkylation sites (tertiary alicyclic amines) is 1. The Balaban J connectivity index is 1.74. The summed E-state index contributed by atoms with van der Waals surface area (Å²) in [6.45, 7) is 3.86. The van der Waals surface area contributed by atoms with Crippen LogP contribution in [0.4, 0.5) is 0 Å². The zero-order valence-electron chi connectivity index (χ0n) is 12.8. The van der Waals surface area contributed by atoms with Gasteiger partial charge in [-0.1, -0.05) is 12.1 Å². The van der Waals surface area contributed by atoms with E-state index in [2.05, 4.69) is 5.32 Å². The van der Waals surface area contributed by atoms with Crippen LogP contribution in [0.15, 0.2) is 24.3 Å². The molecule has 1 aromatic rings. The van der Waals surface area contributed by atoms with Crippen LogP contribution in [0.5, 0.6) is 11.5 Å². The molecule has 6 heteroatoms. The Morgan fingerprint density at radius 3 is 2.41 bits per heavy atom. The minimum absolute atomic E-state index is 0.0231. The van der Waals surface area contributed by atoms with E-state index in [9.17, 15) is 9.59 Å². The second-order valence-electron chi connectivity index (χ2n) is 5.03. The fourth-order valence-corrected chi connectivity index (χ4v) is 2.29. The molecule has 120 valence electrons. The molecule has 1 aliphatic heterocycles. The normalized spacial score (nSPS) is 13.8. The summed E-state index contributed by atoms with van der Waals surface area (Å²) in [7, 11) is 0. The van der Waals surface area contributed by atoms with E-state index in [0.29, 0.717) is 18.1 Å². The van der Waals surface area contributed by atoms with Gasteiger partial charge in [0, 0.05) is 13.1 Å². The van der Waals surface area contributed by atoms with Crippen molar-refractivity contribution in [3.63, 3.8) is 0 Å². The Morgan fingerprint density at radius 1 is 1.14 bits per heavy atom. The van der Waals surface area contributed by atoms with E-state index in [4.69, 9.17) is 9.47 Å². The van der Waals surface area contributed by atoms with Gasteiger partial charge in [-0.25, -0.2) is 0 Å². The molecule has 2 amide bonds. The summed E-state index contributed by atoms with van der Waals surface area (Å²) in [5.41, 5.74) is 0. The number of hydrogen-bond acceptors (Lipinski definition) is 4. The quantitative estimate of drug-likeness (QED) is 0.822. The highest BCUT2D eigenvalue weighted by molar-refractivity contribution is 5.85. The Bertz CT molecular complexity index is 513. The summed E-state index contributed by atoms with van der Waals surface area (Å²) in [6, 6.07) is 7.18. The van der Waals surface area contributed by atoms with Crippen LogP contribution in [0.3, 0.4) is 0 Å². The Labute approximate surface area is 130 Å². The van der Waals surface area contributed by atoms with Crippen molar-refractivity contribution >= 4 is 11.8 Å². The van der Waals surface area contributed by atoms with Gasteiger partial charge < -0.3 is 19.7 Å². The highest BCUT2D eigenvalue weighted by Gasteiger charge is 2.18. The molecule has 1 saturated heterocycles. The van der Waals surface area contributed by atoms with Crippen molar-refractivity contribution in [1.29, 1.82) is 0 Å². The molecular formula is C16H22N2O4. The number of carbonyl (C=O) groups is 2. The topological polar surface area (TPSA) is 67.9 Å². The average Bonchev–Trinajstić information content (AvgIpc) is 3.06. The minimum atomic E-state index is -0.321. The van der Waals surface area contributed by atoms with E-state index < -0.39 is 0 Å². The van der Waals surface area contributed by atoms with E-state index in [1.54, 1.807) is 17.0 Å². The smallest absolute Gasteiger partial charge is 0.258 e. The molecule has 0 aliphatic carbocycles. The van der Waals surface area contributed by atoms with Crippen molar-refractivity contribution in [2.45, 2.75) is 19.8 Å². The fraction of sp³-hybridized carbons (Fsp3) is 0.500. The van der Waals surface area contributed by atoms with E-state index in [0.717, 1.165) is 25.9 Å². The molecular weight excluding hydrogens is 284 g/mol. The van der Waals surface area contributed by atoms with Crippen LogP contribution in [-0.4, -0.2) is 49.6 Å². The molecule has 22 heavy (non-hydrogen) atoms. The first-order valence-corrected chi connectivity index (χ1v) is 7.60. The lowest BCUT2D eigenvalue weighted by Gasteiger charge is -2.15. The number of carbonyl (C=O) groups excluding carboxylic acids is 2. The van der Waals surface area contributed by atoms with Gasteiger partial charge in [-0.05, 0) is 31.9 Å². The van der Waals surface area contributed by atoms with Crippen LogP contribution in [0.2, 0.25) is 0 Å². The SMILES string of the molecule is CCOc1ccccc1OCC(=O)NCC(=O)N1CCCC1. The van der Waals surface area contributed by atoms with Crippen LogP contribution in [0, 0.1) is 0 Å². The van der Waals surface area contributed by atoms with Crippen LogP contribution >= 0.6 is 0 Å². The number of benzene rings is 1. The fourth-order valence-electron chi connectivity index (χ4n) is 2.29. The summed E-state index contributed by atoms with van der Waals surface area (Å²) >= 11 is 0. The molecule has 1 N–H and O–H groups in total. The van der Waals surface area contributed by atoms with Gasteiger partial charge in [-0.3, -0.25) is 9.59 Å². The van der Waals surface area contributed by atoms with Gasteiger partial charge in [-0.15, -0.1) is 0 Å². The van der Waals surface area contributed by atoms with Crippen LogP contribution in [0.1, 0.15) is 19.8 Å². The molecule has 6 nitrogen and oxygen atoms in total. The van der Waals surface area contributed by atoms with Crippen molar-refractivity contribution in [2.24, 2.45) is 0 Å². The molecule has 1 heterocycles. The molecule has 0 aromatic heterocycles. The number of amides is 2. The molecule has 1 fully saturated rings. The lowest BCUT2D eigenvalue weighted by Crippen LogP contribution is -2.40. The third-order valence-corrected chi connectivity index (χ3v) is 3.40. The van der Waals surface area contributed by atoms with Crippen LogP contribution in [0.25, 0.3) is 0 Å². The number of hydrogen-bond donors (Lipinski definition) is 1. The zero-order chi connectivity index (χ0) is 15.8. The van der Waals surface area contributed by atoms with Gasteiger partial charge in [0.05, 0.1) is 13.2 Å². The zero-order valence-corrected chi connectivity index (χ0v) is 12.8. The van der Waals surface area contributed by atoms with Crippen molar-refractivity contribution in [3.05, 3.63) is 24.3 Å². The van der Waals surface area contributed by atoms with E-state index in [1.807, 2.05) is 19.1 Å². The van der Waals surface area contributed by atoms with E-state index in [-0.39, 0.29) is 25.0 Å². The summed E-state index contributed by atoms with van der Waals surface area (Å²) < 4.78 is 10.9. The largest absolute Gasteiger partial charge is 0.490 e. The molecule has 0 saturated carbocycles. The maximum Gasteiger partial charge on any atom is 0.258 e. The summed E-state index contributed by atoms with van der Waals surface area (Å²) in [6.07, 6.45) is 2.08. The lowest BCUT2D eigenvalue weighted by molar-refractivity contribution is -0.132. The number of para-hydroxylation sites is 2. The summed E-state index contributed by atoms with van der Waals surface area (Å²) in [4.78, 5) is 25.3. The van der Waals surface area contributed by atoms with Gasteiger partial charge in [0.25, 0.3) is 5.91 Å². The first-order chi connectivity index (χ1) is 10.7. The van der Waals surface area contributed by atoms with Gasteiger partial charge in [-0.2, -0.15) is 0 Å². The number of rotatable bonds is 7. The molecule has 1 aromatic carbocycles. The highest BCUT2D eigenvalue weighted by atomic mass is 16.5. The molecule has 1 aliphatic rings. The Kier molecular flexibility index (Phi) is 6.06. The third-order valence-electron chi connectivity index (χ3n) is 3.40. The van der Waals surface area contributed by atoms with Gasteiger partial charge >= 0.3 is 0 Å². The highest BCUT2D eigenvalue weighted by Crippen LogP contribution is 2.26. The molecule has 0 unspecified atom stereocenters. The van der Waals surface area contributed by atoms with Crippen molar-refractivity contribution < 1.29 is 19.1 Å². The Hall–Kier alpha value is -2.24. The molecule has 0 spiro atoms. The van der Waals surface area contributed by atoms with Gasteiger partial charge in [0.2, 0.25) is 5.91 Å². The van der Waals surface area contributed by atoms with Crippen molar-refractivity contribution in [1.82, 2.24) is 10.2 Å². The number of nitrogens with zero attached hydrogens (tertiary/aromatic N) is 1. The monoisotopic (exact) mass is 306 g/mol. The Morgan fingerprint density at radius 2 is 1.77 bits per heavy atom. The number of nitrogens with one attached hydrogen (secondary N) is 1. The lowest BCUT2D eigenvalue weighted by atomic mass is 10.3. The maximum atomic E-state index is 11.8. The molecule has 0 atom stereocenters. The van der Waals surface area contributed by atoms with Crippen LogP contribution in [-0.2, 0) is 9.59 Å². The van der Waals surface area contributed by atoms with Crippen molar-refractivity contribution in [2.75, 3.05) is 32.8 Å². The van der Waals surface area contributed by atoms with Crippen molar-refractivity contribution in [3.8, 4) is 11.5 Å². The standard InChI is InChI=1S/C16H22N2O4/c1-2-21-13-7-3-4-8-14(13)22-12-15(19)17-11-16(20)18-9-5-6-10-18/h3-4,7-8H,2,5-6,9-12H2,1H3,(H,17,19). The minimum Gasteiger partial charge on any atom is -0.490 e. The predicted octanol–water partition coefficient (Wildman–Crippen LogP) is 1.20. The van der Waals surface area contributed by atoms with Gasteiger partial charge in [0.1, 0.15) is 0 Å². The summed E-state index contributed by atoms with van der Waals surface area (Å²) in [5, 5.41) is 2.59. The van der Waals surface area contributed by atoms with E-state index >= 15 is 0 Å². The molecule has 0 bridgehead atoms. The van der Waals surface area contributed by atoms with Crippen LogP contribution < -0.4 is 14.8 Å². The van der Waals surface area contributed by atoms with E-state index in [1.165, 1.54) is 0 Å². The number of ether oxygens (including phenoxy) is 2.